The van der Waals surface area contributed by atoms with Crippen LogP contribution in [0, 0.1) is 0 Å². The van der Waals surface area contributed by atoms with Gasteiger partial charge in [0.05, 0.1) is 15.9 Å². The van der Waals surface area contributed by atoms with Crippen LogP contribution >= 0.6 is 58.0 Å². The Kier molecular flexibility index (Phi) is 9.83. The van der Waals surface area contributed by atoms with Gasteiger partial charge < -0.3 is 0 Å². The van der Waals surface area contributed by atoms with E-state index in [4.69, 9.17) is 58.0 Å². The van der Waals surface area contributed by atoms with E-state index in [-0.39, 0.29) is 15.4 Å². The summed E-state index contributed by atoms with van der Waals surface area (Å²) in [7, 11) is 0. The summed E-state index contributed by atoms with van der Waals surface area (Å²) in [6.45, 7) is 3.54. The zero-order chi connectivity index (χ0) is 11.9. The summed E-state index contributed by atoms with van der Waals surface area (Å²) in [6.07, 6.45) is 0. The van der Waals surface area contributed by atoms with Gasteiger partial charge in [0.15, 0.2) is 0 Å². The van der Waals surface area contributed by atoms with E-state index in [1.165, 1.54) is 0 Å². The number of rotatable bonds is 2. The maximum Gasteiger partial charge on any atom is 0.280 e. The van der Waals surface area contributed by atoms with Gasteiger partial charge in [0.1, 0.15) is 4.49 Å². The number of hydrogen-bond donors (Lipinski definition) is 0. The molecule has 0 amide bonds. The summed E-state index contributed by atoms with van der Waals surface area (Å²) in [5, 5.41) is -0.336. The van der Waals surface area contributed by atoms with Crippen molar-refractivity contribution in [3.05, 3.63) is 21.1 Å². The third kappa shape index (κ3) is 10.9. The van der Waals surface area contributed by atoms with Crippen molar-refractivity contribution in [2.45, 2.75) is 12.8 Å². The highest BCUT2D eigenvalue weighted by atomic mass is 35.5. The van der Waals surface area contributed by atoms with Crippen LogP contribution in [0.15, 0.2) is 21.1 Å². The molecule has 0 rings (SSSR count). The van der Waals surface area contributed by atoms with Gasteiger partial charge in [0.25, 0.3) is 5.92 Å². The SMILES string of the molecule is C=C(Cl)C(C)(F)F.ClCC(Cl)=C(Cl)Cl. The van der Waals surface area contributed by atoms with Crippen LogP contribution < -0.4 is 0 Å². The molecular weight excluding hydrogens is 299 g/mol. The first kappa shape index (κ1) is 17.2. The maximum atomic E-state index is 11.6. The Labute approximate surface area is 106 Å². The third-order valence-corrected chi connectivity index (χ3v) is 2.51. The first-order valence-electron chi connectivity index (χ1n) is 3.11. The van der Waals surface area contributed by atoms with E-state index in [2.05, 4.69) is 6.58 Å². The minimum absolute atomic E-state index is 0.0386. The lowest BCUT2D eigenvalue weighted by molar-refractivity contribution is 0.0725. The van der Waals surface area contributed by atoms with Crippen molar-refractivity contribution < 1.29 is 8.78 Å². The minimum Gasteiger partial charge on any atom is -0.201 e. The molecule has 0 saturated heterocycles. The molecule has 0 saturated carbocycles. The van der Waals surface area contributed by atoms with E-state index in [0.29, 0.717) is 6.92 Å². The van der Waals surface area contributed by atoms with Crippen LogP contribution in [0.4, 0.5) is 8.78 Å². The van der Waals surface area contributed by atoms with E-state index in [0.717, 1.165) is 0 Å². The molecule has 0 aliphatic heterocycles. The smallest absolute Gasteiger partial charge is 0.201 e. The summed E-state index contributed by atoms with van der Waals surface area (Å²) in [5.41, 5.74) is 0. The third-order valence-electron chi connectivity index (χ3n) is 0.799. The highest BCUT2D eigenvalue weighted by molar-refractivity contribution is 6.60. The van der Waals surface area contributed by atoms with E-state index < -0.39 is 11.0 Å². The molecule has 0 aromatic heterocycles. The van der Waals surface area contributed by atoms with Crippen molar-refractivity contribution in [1.82, 2.24) is 0 Å². The molecular formula is C7H7Cl5F2. The van der Waals surface area contributed by atoms with Gasteiger partial charge in [-0.25, -0.2) is 8.78 Å². The zero-order valence-electron chi connectivity index (χ0n) is 7.06. The molecule has 0 aliphatic rings. The monoisotopic (exact) mass is 304 g/mol. The van der Waals surface area contributed by atoms with Gasteiger partial charge >= 0.3 is 0 Å². The number of hydrogen-bond acceptors (Lipinski definition) is 0. The fourth-order valence-corrected chi connectivity index (χ4v) is 0.455. The summed E-state index contributed by atoms with van der Waals surface area (Å²) in [5.74, 6) is -2.76. The second-order valence-corrected chi connectivity index (χ2v) is 4.22. The molecule has 0 aromatic carbocycles. The largest absolute Gasteiger partial charge is 0.280 e. The molecule has 0 bridgehead atoms. The second-order valence-electron chi connectivity index (χ2n) is 2.09. The van der Waals surface area contributed by atoms with Crippen molar-refractivity contribution in [3.63, 3.8) is 0 Å². The number of alkyl halides is 3. The van der Waals surface area contributed by atoms with E-state index >= 15 is 0 Å². The molecule has 7 heteroatoms. The van der Waals surface area contributed by atoms with Gasteiger partial charge in [-0.15, -0.1) is 11.6 Å². The van der Waals surface area contributed by atoms with Crippen LogP contribution in [-0.2, 0) is 0 Å². The molecule has 0 atom stereocenters. The Balaban J connectivity index is 0. The van der Waals surface area contributed by atoms with Gasteiger partial charge in [-0.3, -0.25) is 0 Å². The Bertz CT molecular complexity index is 215. The molecule has 0 unspecified atom stereocenters. The normalized spacial score (nSPS) is 10.0. The molecule has 0 N–H and O–H groups in total. The van der Waals surface area contributed by atoms with Crippen LogP contribution in [0.1, 0.15) is 6.92 Å². The van der Waals surface area contributed by atoms with Crippen molar-refractivity contribution in [3.8, 4) is 0 Å². The molecule has 0 nitrogen and oxygen atoms in total. The maximum absolute atomic E-state index is 11.6. The zero-order valence-corrected chi connectivity index (χ0v) is 10.8. The molecule has 0 fully saturated rings. The predicted molar refractivity (Wildman–Crippen MR) is 60.9 cm³/mol. The Morgan fingerprint density at radius 1 is 1.21 bits per heavy atom. The lowest BCUT2D eigenvalue weighted by Gasteiger charge is -2.04. The van der Waals surface area contributed by atoms with Crippen LogP contribution in [0.3, 0.4) is 0 Å². The first-order valence-corrected chi connectivity index (χ1v) is 5.15. The van der Waals surface area contributed by atoms with E-state index in [9.17, 15) is 8.78 Å². The molecule has 14 heavy (non-hydrogen) atoms. The quantitative estimate of drug-likeness (QED) is 0.591. The van der Waals surface area contributed by atoms with E-state index in [1.807, 2.05) is 0 Å². The average Bonchev–Trinajstić information content (AvgIpc) is 2.02. The molecule has 0 heterocycles. The van der Waals surface area contributed by atoms with Gasteiger partial charge in [-0.1, -0.05) is 53.0 Å². The van der Waals surface area contributed by atoms with Crippen LogP contribution in [-0.4, -0.2) is 11.8 Å². The standard InChI is InChI=1S/C4H5ClF2.C3H2Cl4/c1-3(5)4(2,6)7;4-1-2(5)3(6)7/h1H2,2H3;1H2. The number of halogens is 7. The molecule has 0 aliphatic carbocycles. The van der Waals surface area contributed by atoms with Crippen molar-refractivity contribution >= 4 is 58.0 Å². The second kappa shape index (κ2) is 8.00. The van der Waals surface area contributed by atoms with Crippen molar-refractivity contribution in [2.24, 2.45) is 0 Å². The molecule has 0 spiro atoms. The molecule has 0 aromatic rings. The van der Waals surface area contributed by atoms with Gasteiger partial charge in [0.2, 0.25) is 0 Å². The predicted octanol–water partition coefficient (Wildman–Crippen LogP) is 5.50. The fourth-order valence-electron chi connectivity index (χ4n) is 0.0505. The van der Waals surface area contributed by atoms with Gasteiger partial charge in [0, 0.05) is 6.92 Å². The highest BCUT2D eigenvalue weighted by Gasteiger charge is 2.23. The van der Waals surface area contributed by atoms with Crippen LogP contribution in [0.5, 0.6) is 0 Å². The summed E-state index contributed by atoms with van der Waals surface area (Å²) in [6, 6.07) is 0. The Morgan fingerprint density at radius 2 is 1.50 bits per heavy atom. The number of allylic oxidation sites excluding steroid dienone is 2. The first-order chi connectivity index (χ1) is 6.12. The van der Waals surface area contributed by atoms with Crippen molar-refractivity contribution in [1.29, 1.82) is 0 Å². The lowest BCUT2D eigenvalue weighted by atomic mass is 10.4. The minimum atomic E-state index is -2.93. The summed E-state index contributed by atoms with van der Waals surface area (Å²) < 4.78 is 23.3. The van der Waals surface area contributed by atoms with Crippen LogP contribution in [0.25, 0.3) is 0 Å². The summed E-state index contributed by atoms with van der Waals surface area (Å²) >= 11 is 25.6. The summed E-state index contributed by atoms with van der Waals surface area (Å²) in [4.78, 5) is 0. The lowest BCUT2D eigenvalue weighted by Crippen LogP contribution is -2.07. The fraction of sp³-hybridized carbons (Fsp3) is 0.429. The molecule has 0 radical (unpaired) electrons. The molecule has 84 valence electrons. The highest BCUT2D eigenvalue weighted by Crippen LogP contribution is 2.23. The van der Waals surface area contributed by atoms with Crippen LogP contribution in [0.2, 0.25) is 0 Å². The average molecular weight is 306 g/mol. The Morgan fingerprint density at radius 3 is 1.50 bits per heavy atom. The van der Waals surface area contributed by atoms with Crippen molar-refractivity contribution in [2.75, 3.05) is 5.88 Å². The topological polar surface area (TPSA) is 0 Å². The van der Waals surface area contributed by atoms with Gasteiger partial charge in [-0.05, 0) is 0 Å². The van der Waals surface area contributed by atoms with E-state index in [1.54, 1.807) is 0 Å². The Hall–Kier alpha value is 0.790. The van der Waals surface area contributed by atoms with Gasteiger partial charge in [-0.2, -0.15) is 0 Å².